The highest BCUT2D eigenvalue weighted by Gasteiger charge is 2.30. The van der Waals surface area contributed by atoms with E-state index in [2.05, 4.69) is 0 Å². The van der Waals surface area contributed by atoms with Gasteiger partial charge in [-0.2, -0.15) is 4.31 Å². The zero-order valence-corrected chi connectivity index (χ0v) is 14.0. The van der Waals surface area contributed by atoms with Crippen LogP contribution < -0.4 is 5.73 Å². The van der Waals surface area contributed by atoms with Gasteiger partial charge in [0.1, 0.15) is 4.90 Å². The first kappa shape index (κ1) is 16.3. The first-order valence-electron chi connectivity index (χ1n) is 7.69. The molecule has 2 rings (SSSR count). The normalized spacial score (nSPS) is 17.9. The molecule has 0 aromatic heterocycles. The number of sulfonamides is 1. The molecule has 0 heterocycles. The Hall–Kier alpha value is -1.07. The number of hydrogen-bond acceptors (Lipinski definition) is 3. The predicted molar refractivity (Wildman–Crippen MR) is 86.8 cm³/mol. The zero-order chi connectivity index (χ0) is 15.6. The Morgan fingerprint density at radius 2 is 1.57 bits per heavy atom. The summed E-state index contributed by atoms with van der Waals surface area (Å²) in [7, 11) is -1.82. The standard InChI is InChI=1S/C16H26N2O2S/c1-12-10-15(17)16(11-13(12)2)21(19,20)18(3)14-8-6-4-5-7-9-14/h10-11,14H,4-9,17H2,1-3H3. The molecule has 1 fully saturated rings. The topological polar surface area (TPSA) is 63.4 Å². The molecular weight excluding hydrogens is 284 g/mol. The lowest BCUT2D eigenvalue weighted by Gasteiger charge is -2.27. The quantitative estimate of drug-likeness (QED) is 0.688. The molecule has 0 atom stereocenters. The minimum atomic E-state index is -3.52. The number of hydrogen-bond donors (Lipinski definition) is 1. The molecule has 0 spiro atoms. The minimum Gasteiger partial charge on any atom is -0.398 e. The highest BCUT2D eigenvalue weighted by atomic mass is 32.2. The first-order chi connectivity index (χ1) is 9.84. The molecule has 0 unspecified atom stereocenters. The van der Waals surface area contributed by atoms with E-state index in [4.69, 9.17) is 5.73 Å². The molecule has 1 saturated carbocycles. The van der Waals surface area contributed by atoms with E-state index in [9.17, 15) is 8.42 Å². The Kier molecular flexibility index (Phi) is 4.94. The number of nitrogens with two attached hydrogens (primary N) is 1. The Morgan fingerprint density at radius 1 is 1.05 bits per heavy atom. The van der Waals surface area contributed by atoms with Crippen molar-refractivity contribution in [3.05, 3.63) is 23.3 Å². The van der Waals surface area contributed by atoms with E-state index in [1.807, 2.05) is 13.8 Å². The van der Waals surface area contributed by atoms with E-state index in [1.54, 1.807) is 23.5 Å². The van der Waals surface area contributed by atoms with Crippen molar-refractivity contribution in [1.82, 2.24) is 4.31 Å². The van der Waals surface area contributed by atoms with Crippen molar-refractivity contribution in [2.24, 2.45) is 0 Å². The van der Waals surface area contributed by atoms with Gasteiger partial charge >= 0.3 is 0 Å². The zero-order valence-electron chi connectivity index (χ0n) is 13.2. The van der Waals surface area contributed by atoms with Crippen LogP contribution in [0.3, 0.4) is 0 Å². The number of aryl methyl sites for hydroxylation is 2. The number of nitrogen functional groups attached to an aromatic ring is 1. The van der Waals surface area contributed by atoms with Crippen LogP contribution in [0.1, 0.15) is 49.7 Å². The second-order valence-electron chi connectivity index (χ2n) is 6.14. The lowest BCUT2D eigenvalue weighted by molar-refractivity contribution is 0.336. The van der Waals surface area contributed by atoms with Gasteiger partial charge in [0.05, 0.1) is 5.69 Å². The Balaban J connectivity index is 2.34. The van der Waals surface area contributed by atoms with Crippen LogP contribution in [0.5, 0.6) is 0 Å². The van der Waals surface area contributed by atoms with Crippen LogP contribution >= 0.6 is 0 Å². The van der Waals surface area contributed by atoms with E-state index >= 15 is 0 Å². The summed E-state index contributed by atoms with van der Waals surface area (Å²) in [5.41, 5.74) is 8.29. The largest absolute Gasteiger partial charge is 0.398 e. The molecule has 0 radical (unpaired) electrons. The van der Waals surface area contributed by atoms with Gasteiger partial charge in [0.2, 0.25) is 10.0 Å². The number of nitrogens with zero attached hydrogens (tertiary/aromatic N) is 1. The van der Waals surface area contributed by atoms with Crippen LogP contribution in [0.2, 0.25) is 0 Å². The van der Waals surface area contributed by atoms with Crippen LogP contribution in [0.4, 0.5) is 5.69 Å². The molecule has 1 aromatic carbocycles. The fraction of sp³-hybridized carbons (Fsp3) is 0.625. The average molecular weight is 310 g/mol. The van der Waals surface area contributed by atoms with E-state index in [0.29, 0.717) is 5.69 Å². The average Bonchev–Trinajstić information content (AvgIpc) is 2.70. The minimum absolute atomic E-state index is 0.0958. The molecule has 118 valence electrons. The van der Waals surface area contributed by atoms with Crippen LogP contribution in [0, 0.1) is 13.8 Å². The maximum atomic E-state index is 12.9. The van der Waals surface area contributed by atoms with Crippen LogP contribution in [-0.4, -0.2) is 25.8 Å². The van der Waals surface area contributed by atoms with E-state index in [0.717, 1.165) is 36.8 Å². The van der Waals surface area contributed by atoms with Gasteiger partial charge in [-0.1, -0.05) is 25.7 Å². The summed E-state index contributed by atoms with van der Waals surface area (Å²) < 4.78 is 27.3. The molecule has 1 aliphatic rings. The lowest BCUT2D eigenvalue weighted by Crippen LogP contribution is -2.37. The molecule has 2 N–H and O–H groups in total. The van der Waals surface area contributed by atoms with Crippen molar-refractivity contribution < 1.29 is 8.42 Å². The SMILES string of the molecule is Cc1cc(N)c(S(=O)(=O)N(C)C2CCCCCC2)cc1C. The third-order valence-corrected chi connectivity index (χ3v) is 6.59. The molecule has 0 bridgehead atoms. The van der Waals surface area contributed by atoms with Crippen molar-refractivity contribution >= 4 is 15.7 Å². The fourth-order valence-corrected chi connectivity index (χ4v) is 4.60. The van der Waals surface area contributed by atoms with Crippen molar-refractivity contribution in [2.75, 3.05) is 12.8 Å². The third kappa shape index (κ3) is 3.40. The van der Waals surface area contributed by atoms with Crippen LogP contribution in [0.15, 0.2) is 17.0 Å². The second-order valence-corrected chi connectivity index (χ2v) is 8.11. The van der Waals surface area contributed by atoms with Gasteiger partial charge in [-0.05, 0) is 49.9 Å². The number of rotatable bonds is 3. The van der Waals surface area contributed by atoms with Gasteiger partial charge in [-0.25, -0.2) is 8.42 Å². The summed E-state index contributed by atoms with van der Waals surface area (Å²) >= 11 is 0. The van der Waals surface area contributed by atoms with Gasteiger partial charge in [-0.15, -0.1) is 0 Å². The Morgan fingerprint density at radius 3 is 2.14 bits per heavy atom. The van der Waals surface area contributed by atoms with Crippen molar-refractivity contribution in [2.45, 2.75) is 63.3 Å². The third-order valence-electron chi connectivity index (χ3n) is 4.62. The monoisotopic (exact) mass is 310 g/mol. The van der Waals surface area contributed by atoms with Gasteiger partial charge in [0.25, 0.3) is 0 Å². The summed E-state index contributed by atoms with van der Waals surface area (Å²) in [5.74, 6) is 0. The van der Waals surface area contributed by atoms with Gasteiger partial charge in [-0.3, -0.25) is 0 Å². The van der Waals surface area contributed by atoms with Gasteiger partial charge in [0, 0.05) is 13.1 Å². The van der Waals surface area contributed by atoms with Gasteiger partial charge < -0.3 is 5.73 Å². The Bertz CT molecular complexity index is 603. The number of anilines is 1. The highest BCUT2D eigenvalue weighted by Crippen LogP contribution is 2.29. The van der Waals surface area contributed by atoms with Crippen molar-refractivity contribution in [3.8, 4) is 0 Å². The first-order valence-corrected chi connectivity index (χ1v) is 9.13. The molecule has 0 amide bonds. The molecule has 21 heavy (non-hydrogen) atoms. The van der Waals surface area contributed by atoms with Gasteiger partial charge in [0.15, 0.2) is 0 Å². The molecule has 1 aromatic rings. The maximum absolute atomic E-state index is 12.9. The summed E-state index contributed by atoms with van der Waals surface area (Å²) in [5, 5.41) is 0. The van der Waals surface area contributed by atoms with E-state index < -0.39 is 10.0 Å². The lowest BCUT2D eigenvalue weighted by atomic mass is 10.1. The molecule has 5 heteroatoms. The molecule has 4 nitrogen and oxygen atoms in total. The maximum Gasteiger partial charge on any atom is 0.245 e. The summed E-state index contributed by atoms with van der Waals surface area (Å²) in [6.45, 7) is 3.86. The predicted octanol–water partition coefficient (Wildman–Crippen LogP) is 3.23. The fourth-order valence-electron chi connectivity index (χ4n) is 3.01. The molecule has 1 aliphatic carbocycles. The molecule has 0 saturated heterocycles. The highest BCUT2D eigenvalue weighted by molar-refractivity contribution is 7.89. The summed E-state index contributed by atoms with van der Waals surface area (Å²) in [4.78, 5) is 0.248. The number of benzene rings is 1. The summed E-state index contributed by atoms with van der Waals surface area (Å²) in [6, 6.07) is 3.55. The van der Waals surface area contributed by atoms with Crippen LogP contribution in [-0.2, 0) is 10.0 Å². The van der Waals surface area contributed by atoms with E-state index in [1.165, 1.54) is 12.8 Å². The van der Waals surface area contributed by atoms with Crippen molar-refractivity contribution in [3.63, 3.8) is 0 Å². The second kappa shape index (κ2) is 6.36. The van der Waals surface area contributed by atoms with E-state index in [-0.39, 0.29) is 10.9 Å². The van der Waals surface area contributed by atoms with Crippen LogP contribution in [0.25, 0.3) is 0 Å². The summed E-state index contributed by atoms with van der Waals surface area (Å²) in [6.07, 6.45) is 6.51. The molecular formula is C16H26N2O2S. The Labute approximate surface area is 128 Å². The molecule has 0 aliphatic heterocycles. The van der Waals surface area contributed by atoms with Crippen molar-refractivity contribution in [1.29, 1.82) is 0 Å². The smallest absolute Gasteiger partial charge is 0.245 e.